The fourth-order valence-electron chi connectivity index (χ4n) is 2.70. The first-order valence-electron chi connectivity index (χ1n) is 10.1. The zero-order chi connectivity index (χ0) is 21.2. The zero-order valence-corrected chi connectivity index (χ0v) is 17.3. The van der Waals surface area contributed by atoms with Crippen LogP contribution in [0.3, 0.4) is 0 Å². The maximum Gasteiger partial charge on any atom is 0.255 e. The predicted molar refractivity (Wildman–Crippen MR) is 119 cm³/mol. The van der Waals surface area contributed by atoms with Crippen LogP contribution in [0.5, 0.6) is 17.2 Å². The topological polar surface area (TPSA) is 56.8 Å². The Bertz CT molecular complexity index is 925. The molecule has 0 saturated carbocycles. The van der Waals surface area contributed by atoms with Crippen molar-refractivity contribution < 1.29 is 19.0 Å². The third kappa shape index (κ3) is 6.55. The molecule has 0 spiro atoms. The molecule has 0 radical (unpaired) electrons. The van der Waals surface area contributed by atoms with Crippen molar-refractivity contribution in [2.24, 2.45) is 0 Å². The van der Waals surface area contributed by atoms with Crippen molar-refractivity contribution in [1.82, 2.24) is 0 Å². The van der Waals surface area contributed by atoms with E-state index in [0.717, 1.165) is 17.9 Å². The van der Waals surface area contributed by atoms with Crippen LogP contribution in [-0.4, -0.2) is 25.2 Å². The lowest BCUT2D eigenvalue weighted by Gasteiger charge is -2.13. The number of anilines is 1. The van der Waals surface area contributed by atoms with Gasteiger partial charge in [-0.25, -0.2) is 0 Å². The molecule has 0 fully saturated rings. The second kappa shape index (κ2) is 10.9. The molecule has 0 bridgehead atoms. The second-order valence-electron chi connectivity index (χ2n) is 6.85. The van der Waals surface area contributed by atoms with Gasteiger partial charge in [0.05, 0.1) is 6.10 Å². The Balaban J connectivity index is 1.50. The summed E-state index contributed by atoms with van der Waals surface area (Å²) in [7, 11) is 0. The van der Waals surface area contributed by atoms with Gasteiger partial charge in [0.25, 0.3) is 5.91 Å². The highest BCUT2D eigenvalue weighted by Gasteiger charge is 2.08. The molecule has 5 nitrogen and oxygen atoms in total. The van der Waals surface area contributed by atoms with E-state index in [9.17, 15) is 4.79 Å². The van der Waals surface area contributed by atoms with Crippen molar-refractivity contribution in [3.63, 3.8) is 0 Å². The highest BCUT2D eigenvalue weighted by Crippen LogP contribution is 2.19. The molecule has 1 unspecified atom stereocenters. The number of hydrogen-bond donors (Lipinski definition) is 1. The van der Waals surface area contributed by atoms with Crippen LogP contribution in [-0.2, 0) is 0 Å². The third-order valence-corrected chi connectivity index (χ3v) is 4.48. The summed E-state index contributed by atoms with van der Waals surface area (Å²) in [6.45, 7) is 4.91. The minimum Gasteiger partial charge on any atom is -0.491 e. The Morgan fingerprint density at radius 3 is 2.20 bits per heavy atom. The summed E-state index contributed by atoms with van der Waals surface area (Å²) in [5, 5.41) is 2.89. The van der Waals surface area contributed by atoms with Crippen LogP contribution in [0.15, 0.2) is 78.9 Å². The average molecular weight is 405 g/mol. The van der Waals surface area contributed by atoms with Gasteiger partial charge >= 0.3 is 0 Å². The summed E-state index contributed by atoms with van der Waals surface area (Å²) in [5.74, 6) is 2.01. The summed E-state index contributed by atoms with van der Waals surface area (Å²) in [6.07, 6.45) is 1.10. The summed E-state index contributed by atoms with van der Waals surface area (Å²) in [4.78, 5) is 12.6. The van der Waals surface area contributed by atoms with Crippen molar-refractivity contribution in [2.75, 3.05) is 18.5 Å². The molecular formula is C25H27NO4. The summed E-state index contributed by atoms with van der Waals surface area (Å²) >= 11 is 0. The van der Waals surface area contributed by atoms with Crippen molar-refractivity contribution in [1.29, 1.82) is 0 Å². The minimum atomic E-state index is -0.198. The average Bonchev–Trinajstić information content (AvgIpc) is 2.79. The standard InChI is InChI=1S/C25H27NO4/c1-3-19(2)30-23-14-12-21(13-15-23)26-25(27)20-8-7-11-24(18-20)29-17-16-28-22-9-5-4-6-10-22/h4-15,18-19H,3,16-17H2,1-2H3,(H,26,27). The fraction of sp³-hybridized carbons (Fsp3) is 0.240. The maximum absolute atomic E-state index is 12.6. The van der Waals surface area contributed by atoms with Crippen LogP contribution >= 0.6 is 0 Å². The molecule has 1 amide bonds. The molecule has 3 rings (SSSR count). The Labute approximate surface area is 177 Å². The summed E-state index contributed by atoms with van der Waals surface area (Å²) < 4.78 is 17.1. The van der Waals surface area contributed by atoms with Gasteiger partial charge in [0, 0.05) is 11.3 Å². The van der Waals surface area contributed by atoms with E-state index in [4.69, 9.17) is 14.2 Å². The lowest BCUT2D eigenvalue weighted by molar-refractivity contribution is 0.102. The number of ether oxygens (including phenoxy) is 3. The minimum absolute atomic E-state index is 0.159. The normalized spacial score (nSPS) is 11.4. The smallest absolute Gasteiger partial charge is 0.255 e. The number of amides is 1. The Morgan fingerprint density at radius 1 is 0.833 bits per heavy atom. The lowest BCUT2D eigenvalue weighted by atomic mass is 10.2. The van der Waals surface area contributed by atoms with E-state index in [2.05, 4.69) is 12.2 Å². The molecule has 3 aromatic carbocycles. The van der Waals surface area contributed by atoms with E-state index in [1.807, 2.05) is 67.6 Å². The van der Waals surface area contributed by atoms with Gasteiger partial charge in [-0.05, 0) is 67.9 Å². The van der Waals surface area contributed by atoms with Crippen LogP contribution < -0.4 is 19.5 Å². The number of benzene rings is 3. The van der Waals surface area contributed by atoms with Gasteiger partial charge in [-0.2, -0.15) is 0 Å². The second-order valence-corrected chi connectivity index (χ2v) is 6.85. The van der Waals surface area contributed by atoms with E-state index in [1.54, 1.807) is 18.2 Å². The molecule has 1 N–H and O–H groups in total. The monoisotopic (exact) mass is 405 g/mol. The fourth-order valence-corrected chi connectivity index (χ4v) is 2.70. The van der Waals surface area contributed by atoms with Crippen LogP contribution in [0.25, 0.3) is 0 Å². The molecule has 5 heteroatoms. The molecule has 1 atom stereocenters. The van der Waals surface area contributed by atoms with Crippen LogP contribution in [0.1, 0.15) is 30.6 Å². The van der Waals surface area contributed by atoms with Gasteiger partial charge in [0.15, 0.2) is 0 Å². The van der Waals surface area contributed by atoms with Gasteiger partial charge in [-0.3, -0.25) is 4.79 Å². The van der Waals surface area contributed by atoms with Gasteiger partial charge in [-0.15, -0.1) is 0 Å². The number of nitrogens with one attached hydrogen (secondary N) is 1. The van der Waals surface area contributed by atoms with Gasteiger partial charge in [0.1, 0.15) is 30.5 Å². The first-order valence-corrected chi connectivity index (χ1v) is 10.1. The highest BCUT2D eigenvalue weighted by molar-refractivity contribution is 6.04. The van der Waals surface area contributed by atoms with Crippen molar-refractivity contribution in [3.05, 3.63) is 84.4 Å². The van der Waals surface area contributed by atoms with E-state index >= 15 is 0 Å². The largest absolute Gasteiger partial charge is 0.491 e. The number of carbonyl (C=O) groups is 1. The highest BCUT2D eigenvalue weighted by atomic mass is 16.5. The zero-order valence-electron chi connectivity index (χ0n) is 17.3. The van der Waals surface area contributed by atoms with Crippen molar-refractivity contribution in [3.8, 4) is 17.2 Å². The quantitative estimate of drug-likeness (QED) is 0.448. The van der Waals surface area contributed by atoms with E-state index in [-0.39, 0.29) is 12.0 Å². The third-order valence-electron chi connectivity index (χ3n) is 4.48. The van der Waals surface area contributed by atoms with Gasteiger partial charge < -0.3 is 19.5 Å². The van der Waals surface area contributed by atoms with Crippen molar-refractivity contribution >= 4 is 11.6 Å². The van der Waals surface area contributed by atoms with E-state index < -0.39 is 0 Å². The molecule has 0 aliphatic carbocycles. The molecule has 0 aliphatic rings. The maximum atomic E-state index is 12.6. The Hall–Kier alpha value is -3.47. The number of carbonyl (C=O) groups excluding carboxylic acids is 1. The molecule has 3 aromatic rings. The molecule has 0 saturated heterocycles. The number of para-hydroxylation sites is 1. The molecule has 0 heterocycles. The predicted octanol–water partition coefficient (Wildman–Crippen LogP) is 5.57. The van der Waals surface area contributed by atoms with Crippen LogP contribution in [0.2, 0.25) is 0 Å². The first-order chi connectivity index (χ1) is 14.6. The van der Waals surface area contributed by atoms with Gasteiger partial charge in [0.2, 0.25) is 0 Å². The van der Waals surface area contributed by atoms with Gasteiger partial charge in [-0.1, -0.05) is 31.2 Å². The van der Waals surface area contributed by atoms with E-state index in [1.165, 1.54) is 0 Å². The summed E-state index contributed by atoms with van der Waals surface area (Å²) in [6, 6.07) is 24.0. The molecule has 30 heavy (non-hydrogen) atoms. The summed E-state index contributed by atoms with van der Waals surface area (Å²) in [5.41, 5.74) is 1.23. The Kier molecular flexibility index (Phi) is 7.72. The lowest BCUT2D eigenvalue weighted by Crippen LogP contribution is -2.13. The SMILES string of the molecule is CCC(C)Oc1ccc(NC(=O)c2cccc(OCCOc3ccccc3)c2)cc1. The van der Waals surface area contributed by atoms with Crippen LogP contribution in [0, 0.1) is 0 Å². The molecule has 156 valence electrons. The van der Waals surface area contributed by atoms with E-state index in [0.29, 0.717) is 30.2 Å². The van der Waals surface area contributed by atoms with Crippen LogP contribution in [0.4, 0.5) is 5.69 Å². The first kappa shape index (κ1) is 21.2. The molecule has 0 aromatic heterocycles. The molecule has 0 aliphatic heterocycles. The molecular weight excluding hydrogens is 378 g/mol. The number of hydrogen-bond acceptors (Lipinski definition) is 4. The Morgan fingerprint density at radius 2 is 1.50 bits per heavy atom. The number of rotatable bonds is 10. The van der Waals surface area contributed by atoms with Crippen molar-refractivity contribution in [2.45, 2.75) is 26.4 Å².